The first-order valence-corrected chi connectivity index (χ1v) is 8.98. The zero-order valence-electron chi connectivity index (χ0n) is 15.3. The highest BCUT2D eigenvalue weighted by atomic mass is 15.3. The van der Waals surface area contributed by atoms with Gasteiger partial charge in [-0.05, 0) is 37.3 Å². The molecule has 5 heteroatoms. The number of fused-ring (bicyclic) bond motifs is 2. The second-order valence-corrected chi connectivity index (χ2v) is 6.87. The Balaban J connectivity index is 1.53. The van der Waals surface area contributed by atoms with Gasteiger partial charge >= 0.3 is 0 Å². The van der Waals surface area contributed by atoms with Gasteiger partial charge in [0.1, 0.15) is 11.4 Å². The Morgan fingerprint density at radius 3 is 2.81 bits per heavy atom. The van der Waals surface area contributed by atoms with E-state index in [0.717, 1.165) is 44.9 Å². The van der Waals surface area contributed by atoms with Crippen molar-refractivity contribution in [1.29, 1.82) is 0 Å². The van der Waals surface area contributed by atoms with Crippen molar-refractivity contribution in [2.24, 2.45) is 12.0 Å². The standard InChI is InChI=1S/C22H19N5/c1-14-5-3-6-15(11-14)20-18-9-8-17(12-19(18)27(2)26-20)25-22-21-16(13-24-22)7-4-10-23-21/h3-12H,13H2,1-2H3,(H,24,25). The fraction of sp³-hybridized carbons (Fsp3) is 0.136. The normalized spacial score (nSPS) is 12.9. The van der Waals surface area contributed by atoms with Gasteiger partial charge in [-0.25, -0.2) is 0 Å². The number of aromatic nitrogens is 3. The lowest BCUT2D eigenvalue weighted by atomic mass is 10.1. The molecule has 27 heavy (non-hydrogen) atoms. The quantitative estimate of drug-likeness (QED) is 0.584. The topological polar surface area (TPSA) is 55.1 Å². The lowest BCUT2D eigenvalue weighted by molar-refractivity contribution is 0.800. The number of benzene rings is 2. The molecule has 2 aromatic heterocycles. The van der Waals surface area contributed by atoms with E-state index in [0.29, 0.717) is 6.54 Å². The van der Waals surface area contributed by atoms with E-state index in [1.807, 2.05) is 17.8 Å². The Bertz CT molecular complexity index is 1200. The number of pyridine rings is 1. The van der Waals surface area contributed by atoms with Crippen molar-refractivity contribution < 1.29 is 0 Å². The van der Waals surface area contributed by atoms with E-state index in [-0.39, 0.29) is 0 Å². The minimum Gasteiger partial charge on any atom is -0.339 e. The molecular formula is C22H19N5. The number of hydrogen-bond donors (Lipinski definition) is 1. The fourth-order valence-corrected chi connectivity index (χ4v) is 3.59. The summed E-state index contributed by atoms with van der Waals surface area (Å²) in [7, 11) is 1.98. The van der Waals surface area contributed by atoms with E-state index in [4.69, 9.17) is 5.10 Å². The molecule has 5 nitrogen and oxygen atoms in total. The highest BCUT2D eigenvalue weighted by Gasteiger charge is 2.17. The van der Waals surface area contributed by atoms with Crippen molar-refractivity contribution in [1.82, 2.24) is 14.8 Å². The highest BCUT2D eigenvalue weighted by Crippen LogP contribution is 2.30. The number of amidine groups is 1. The van der Waals surface area contributed by atoms with Crippen LogP contribution in [0.3, 0.4) is 0 Å². The van der Waals surface area contributed by atoms with Gasteiger partial charge in [-0.3, -0.25) is 14.7 Å². The first kappa shape index (κ1) is 15.8. The molecule has 132 valence electrons. The molecule has 0 radical (unpaired) electrons. The molecule has 0 bridgehead atoms. The zero-order chi connectivity index (χ0) is 18.4. The van der Waals surface area contributed by atoms with Gasteiger partial charge in [0.15, 0.2) is 5.84 Å². The second-order valence-electron chi connectivity index (χ2n) is 6.87. The van der Waals surface area contributed by atoms with Crippen LogP contribution in [-0.4, -0.2) is 20.6 Å². The van der Waals surface area contributed by atoms with Gasteiger partial charge in [0.2, 0.25) is 0 Å². The van der Waals surface area contributed by atoms with Gasteiger partial charge in [-0.2, -0.15) is 5.10 Å². The number of aliphatic imine (C=N–C) groups is 1. The summed E-state index contributed by atoms with van der Waals surface area (Å²) in [6.45, 7) is 2.78. The smallest absolute Gasteiger partial charge is 0.152 e. The molecule has 0 aliphatic carbocycles. The van der Waals surface area contributed by atoms with Crippen molar-refractivity contribution in [3.8, 4) is 11.3 Å². The van der Waals surface area contributed by atoms with Crippen LogP contribution in [0.15, 0.2) is 65.8 Å². The van der Waals surface area contributed by atoms with Gasteiger partial charge in [-0.1, -0.05) is 29.8 Å². The number of nitrogens with zero attached hydrogens (tertiary/aromatic N) is 4. The van der Waals surface area contributed by atoms with E-state index in [2.05, 4.69) is 70.7 Å². The van der Waals surface area contributed by atoms with Crippen molar-refractivity contribution in [3.05, 3.63) is 77.6 Å². The fourth-order valence-electron chi connectivity index (χ4n) is 3.59. The van der Waals surface area contributed by atoms with Crippen LogP contribution in [0.4, 0.5) is 5.69 Å². The van der Waals surface area contributed by atoms with E-state index >= 15 is 0 Å². The SMILES string of the molecule is Cc1cccc(-c2nn(C)c3cc(NC4=NCc5cccnc54)ccc23)c1. The molecule has 0 saturated heterocycles. The van der Waals surface area contributed by atoms with Crippen molar-refractivity contribution in [2.45, 2.75) is 13.5 Å². The monoisotopic (exact) mass is 353 g/mol. The lowest BCUT2D eigenvalue weighted by Gasteiger charge is -2.07. The summed E-state index contributed by atoms with van der Waals surface area (Å²) in [5.74, 6) is 0.825. The Morgan fingerprint density at radius 1 is 1.00 bits per heavy atom. The maximum Gasteiger partial charge on any atom is 0.152 e. The number of rotatable bonds is 2. The molecule has 0 atom stereocenters. The lowest BCUT2D eigenvalue weighted by Crippen LogP contribution is -2.13. The van der Waals surface area contributed by atoms with E-state index in [1.54, 1.807) is 6.20 Å². The van der Waals surface area contributed by atoms with Crippen LogP contribution in [-0.2, 0) is 13.6 Å². The zero-order valence-corrected chi connectivity index (χ0v) is 15.3. The van der Waals surface area contributed by atoms with Crippen LogP contribution in [0.25, 0.3) is 22.2 Å². The predicted molar refractivity (Wildman–Crippen MR) is 109 cm³/mol. The molecule has 0 fully saturated rings. The molecule has 1 aliphatic rings. The molecule has 1 N–H and O–H groups in total. The minimum absolute atomic E-state index is 0.678. The van der Waals surface area contributed by atoms with Crippen LogP contribution >= 0.6 is 0 Å². The van der Waals surface area contributed by atoms with Gasteiger partial charge in [0, 0.05) is 35.4 Å². The molecule has 5 rings (SSSR count). The van der Waals surface area contributed by atoms with Gasteiger partial charge < -0.3 is 5.32 Å². The van der Waals surface area contributed by atoms with Crippen molar-refractivity contribution in [2.75, 3.05) is 5.32 Å². The summed E-state index contributed by atoms with van der Waals surface area (Å²) in [6, 6.07) is 18.8. The number of nitrogens with one attached hydrogen (secondary N) is 1. The summed E-state index contributed by atoms with van der Waals surface area (Å²) < 4.78 is 1.93. The Labute approximate surface area is 157 Å². The first-order valence-electron chi connectivity index (χ1n) is 8.98. The van der Waals surface area contributed by atoms with Crippen LogP contribution in [0.5, 0.6) is 0 Å². The average molecular weight is 353 g/mol. The molecule has 2 aromatic carbocycles. The van der Waals surface area contributed by atoms with Crippen molar-refractivity contribution >= 4 is 22.4 Å². The summed E-state index contributed by atoms with van der Waals surface area (Å²) in [5, 5.41) is 9.32. The van der Waals surface area contributed by atoms with Gasteiger partial charge in [0.05, 0.1) is 12.1 Å². The van der Waals surface area contributed by atoms with Crippen LogP contribution < -0.4 is 5.32 Å². The average Bonchev–Trinajstić information content (AvgIpc) is 3.23. The van der Waals surface area contributed by atoms with E-state index in [9.17, 15) is 0 Å². The molecule has 0 amide bonds. The first-order chi connectivity index (χ1) is 13.2. The van der Waals surface area contributed by atoms with Gasteiger partial charge in [0.25, 0.3) is 0 Å². The molecule has 0 saturated carbocycles. The molecule has 3 heterocycles. The minimum atomic E-state index is 0.678. The molecule has 1 aliphatic heterocycles. The molecule has 4 aromatic rings. The predicted octanol–water partition coefficient (Wildman–Crippen LogP) is 4.32. The third kappa shape index (κ3) is 2.68. The summed E-state index contributed by atoms with van der Waals surface area (Å²) in [5.41, 5.74) is 7.53. The van der Waals surface area contributed by atoms with E-state index < -0.39 is 0 Å². The van der Waals surface area contributed by atoms with E-state index in [1.165, 1.54) is 5.56 Å². The largest absolute Gasteiger partial charge is 0.339 e. The van der Waals surface area contributed by atoms with Crippen LogP contribution in [0, 0.1) is 6.92 Å². The number of hydrogen-bond acceptors (Lipinski definition) is 4. The summed E-state index contributed by atoms with van der Waals surface area (Å²) in [4.78, 5) is 9.04. The maximum absolute atomic E-state index is 4.76. The second kappa shape index (κ2) is 6.06. The Morgan fingerprint density at radius 2 is 1.93 bits per heavy atom. The van der Waals surface area contributed by atoms with Crippen LogP contribution in [0.1, 0.15) is 16.8 Å². The molecule has 0 spiro atoms. The highest BCUT2D eigenvalue weighted by molar-refractivity contribution is 6.10. The maximum atomic E-state index is 4.76. The van der Waals surface area contributed by atoms with Crippen LogP contribution in [0.2, 0.25) is 0 Å². The molecule has 0 unspecified atom stereocenters. The number of aryl methyl sites for hydroxylation is 2. The summed E-state index contributed by atoms with van der Waals surface area (Å²) in [6.07, 6.45) is 1.81. The Kier molecular flexibility index (Phi) is 3.53. The Hall–Kier alpha value is -3.47. The number of anilines is 1. The third-order valence-corrected chi connectivity index (χ3v) is 4.93. The summed E-state index contributed by atoms with van der Waals surface area (Å²) >= 11 is 0. The van der Waals surface area contributed by atoms with Crippen molar-refractivity contribution in [3.63, 3.8) is 0 Å². The third-order valence-electron chi connectivity index (χ3n) is 4.93. The molecular weight excluding hydrogens is 334 g/mol. The van der Waals surface area contributed by atoms with Gasteiger partial charge in [-0.15, -0.1) is 0 Å².